The fraction of sp³-hybridized carbons (Fsp3) is 0.294. The third-order valence-electron chi connectivity index (χ3n) is 3.50. The maximum atomic E-state index is 12.1. The van der Waals surface area contributed by atoms with Crippen LogP contribution in [0, 0.1) is 6.92 Å². The van der Waals surface area contributed by atoms with E-state index in [1.807, 2.05) is 13.0 Å². The van der Waals surface area contributed by atoms with E-state index in [4.69, 9.17) is 21.1 Å². The molecule has 0 spiro atoms. The maximum Gasteiger partial charge on any atom is 0.224 e. The number of nitrogens with one attached hydrogen (secondary N) is 1. The molecule has 3 rings (SSSR count). The third kappa shape index (κ3) is 3.88. The minimum atomic E-state index is -0.268. The molecule has 1 aliphatic rings. The Labute approximate surface area is 148 Å². The van der Waals surface area contributed by atoms with Gasteiger partial charge < -0.3 is 14.8 Å². The van der Waals surface area contributed by atoms with Crippen molar-refractivity contribution in [2.75, 3.05) is 18.5 Å². The zero-order valence-corrected chi connectivity index (χ0v) is 14.6. The van der Waals surface area contributed by atoms with Crippen LogP contribution >= 0.6 is 22.9 Å². The van der Waals surface area contributed by atoms with Gasteiger partial charge in [-0.05, 0) is 19.1 Å². The van der Waals surface area contributed by atoms with Crippen molar-refractivity contribution in [1.82, 2.24) is 0 Å². The van der Waals surface area contributed by atoms with E-state index in [1.165, 1.54) is 11.3 Å². The van der Waals surface area contributed by atoms with Crippen LogP contribution in [0.1, 0.15) is 27.4 Å². The second-order valence-electron chi connectivity index (χ2n) is 5.36. The second kappa shape index (κ2) is 7.23. The van der Waals surface area contributed by atoms with Gasteiger partial charge in [-0.15, -0.1) is 11.3 Å². The number of hydrogen-bond donors (Lipinski definition) is 1. The number of carbonyl (C=O) groups is 2. The first-order chi connectivity index (χ1) is 11.5. The van der Waals surface area contributed by atoms with Crippen molar-refractivity contribution in [3.63, 3.8) is 0 Å². The van der Waals surface area contributed by atoms with Gasteiger partial charge in [0, 0.05) is 29.9 Å². The molecule has 0 fully saturated rings. The van der Waals surface area contributed by atoms with E-state index in [-0.39, 0.29) is 24.5 Å². The monoisotopic (exact) mass is 365 g/mol. The lowest BCUT2D eigenvalue weighted by atomic mass is 10.2. The molecule has 0 atom stereocenters. The van der Waals surface area contributed by atoms with E-state index >= 15 is 0 Å². The summed E-state index contributed by atoms with van der Waals surface area (Å²) in [5, 5.41) is 3.09. The largest absolute Gasteiger partial charge is 0.486 e. The molecule has 24 heavy (non-hydrogen) atoms. The van der Waals surface area contributed by atoms with Crippen LogP contribution in [0.4, 0.5) is 5.69 Å². The number of fused-ring (bicyclic) bond motifs is 1. The lowest BCUT2D eigenvalue weighted by molar-refractivity contribution is -0.116. The van der Waals surface area contributed by atoms with Gasteiger partial charge in [0.25, 0.3) is 0 Å². The first-order valence-electron chi connectivity index (χ1n) is 7.51. The van der Waals surface area contributed by atoms with Gasteiger partial charge in [0.05, 0.1) is 15.6 Å². The number of Topliss-reactive ketones (excluding diaryl/α,β-unsaturated/α-hetero) is 1. The predicted molar refractivity (Wildman–Crippen MR) is 93.7 cm³/mol. The summed E-state index contributed by atoms with van der Waals surface area (Å²) < 4.78 is 10.9. The molecule has 0 saturated heterocycles. The standard InChI is InChI=1S/C17H16ClNO4S/c1-10-2-4-16(24-10)13(20)3-5-17(21)19-12-9-15-14(8-11(12)18)22-6-7-23-15/h2,4,8-9H,3,5-7H2,1H3,(H,19,21). The smallest absolute Gasteiger partial charge is 0.224 e. The van der Waals surface area contributed by atoms with E-state index in [0.29, 0.717) is 40.3 Å². The van der Waals surface area contributed by atoms with E-state index in [1.54, 1.807) is 18.2 Å². The normalized spacial score (nSPS) is 12.8. The number of carbonyl (C=O) groups excluding carboxylic acids is 2. The van der Waals surface area contributed by atoms with Gasteiger partial charge >= 0.3 is 0 Å². The number of ether oxygens (including phenoxy) is 2. The highest BCUT2D eigenvalue weighted by atomic mass is 35.5. The van der Waals surface area contributed by atoms with Crippen LogP contribution < -0.4 is 14.8 Å². The number of halogens is 1. The Bertz CT molecular complexity index is 787. The highest BCUT2D eigenvalue weighted by Gasteiger charge is 2.17. The Morgan fingerprint density at radius 1 is 1.17 bits per heavy atom. The number of ketones is 1. The van der Waals surface area contributed by atoms with Crippen molar-refractivity contribution in [3.05, 3.63) is 39.0 Å². The molecule has 0 radical (unpaired) electrons. The van der Waals surface area contributed by atoms with Crippen LogP contribution in [-0.2, 0) is 4.79 Å². The third-order valence-corrected chi connectivity index (χ3v) is 4.85. The average molecular weight is 366 g/mol. The van der Waals surface area contributed by atoms with Gasteiger partial charge in [-0.2, -0.15) is 0 Å². The highest BCUT2D eigenvalue weighted by molar-refractivity contribution is 7.14. The van der Waals surface area contributed by atoms with Gasteiger partial charge in [-0.25, -0.2) is 0 Å². The first-order valence-corrected chi connectivity index (χ1v) is 8.71. The number of aryl methyl sites for hydroxylation is 1. The number of benzene rings is 1. The van der Waals surface area contributed by atoms with Crippen LogP contribution in [0.15, 0.2) is 24.3 Å². The fourth-order valence-corrected chi connectivity index (χ4v) is 3.34. The molecule has 1 aromatic carbocycles. The highest BCUT2D eigenvalue weighted by Crippen LogP contribution is 2.38. The van der Waals surface area contributed by atoms with E-state index in [2.05, 4.69) is 5.32 Å². The molecule has 1 amide bonds. The molecule has 0 bridgehead atoms. The first kappa shape index (κ1) is 16.8. The molecule has 5 nitrogen and oxygen atoms in total. The molecule has 126 valence electrons. The van der Waals surface area contributed by atoms with Gasteiger partial charge in [-0.3, -0.25) is 9.59 Å². The number of thiophene rings is 1. The summed E-state index contributed by atoms with van der Waals surface area (Å²) in [7, 11) is 0. The van der Waals surface area contributed by atoms with Crippen LogP contribution in [0.2, 0.25) is 5.02 Å². The summed E-state index contributed by atoms with van der Waals surface area (Å²) in [4.78, 5) is 25.9. The van der Waals surface area contributed by atoms with Gasteiger partial charge in [0.1, 0.15) is 13.2 Å². The van der Waals surface area contributed by atoms with Crippen molar-refractivity contribution >= 4 is 40.3 Å². The van der Waals surface area contributed by atoms with Gasteiger partial charge in [0.15, 0.2) is 17.3 Å². The van der Waals surface area contributed by atoms with Crippen molar-refractivity contribution in [3.8, 4) is 11.5 Å². The molecule has 1 aromatic heterocycles. The molecule has 2 heterocycles. The number of anilines is 1. The zero-order valence-electron chi connectivity index (χ0n) is 13.1. The van der Waals surface area contributed by atoms with E-state index in [9.17, 15) is 9.59 Å². The van der Waals surface area contributed by atoms with E-state index < -0.39 is 0 Å². The minimum absolute atomic E-state index is 0.0310. The summed E-state index contributed by atoms with van der Waals surface area (Å²) in [6.07, 6.45) is 0.258. The lowest BCUT2D eigenvalue weighted by Crippen LogP contribution is -2.17. The summed E-state index contributed by atoms with van der Waals surface area (Å²) in [6, 6.07) is 6.94. The molecule has 1 aliphatic heterocycles. The summed E-state index contributed by atoms with van der Waals surface area (Å²) in [5.74, 6) is 0.810. The Balaban J connectivity index is 1.59. The number of hydrogen-bond acceptors (Lipinski definition) is 5. The minimum Gasteiger partial charge on any atom is -0.486 e. The van der Waals surface area contributed by atoms with Crippen molar-refractivity contribution in [1.29, 1.82) is 0 Å². The Hall–Kier alpha value is -2.05. The van der Waals surface area contributed by atoms with Crippen LogP contribution in [0.3, 0.4) is 0 Å². The Kier molecular flexibility index (Phi) is 5.06. The number of amides is 1. The fourth-order valence-electron chi connectivity index (χ4n) is 2.31. The molecule has 7 heteroatoms. The molecule has 0 unspecified atom stereocenters. The van der Waals surface area contributed by atoms with Crippen molar-refractivity contribution in [2.45, 2.75) is 19.8 Å². The van der Waals surface area contributed by atoms with E-state index in [0.717, 1.165) is 4.88 Å². The maximum absolute atomic E-state index is 12.1. The zero-order chi connectivity index (χ0) is 17.1. The van der Waals surface area contributed by atoms with Crippen molar-refractivity contribution in [2.24, 2.45) is 0 Å². The van der Waals surface area contributed by atoms with Crippen LogP contribution in [-0.4, -0.2) is 24.9 Å². The summed E-state index contributed by atoms with van der Waals surface area (Å²) >= 11 is 7.59. The second-order valence-corrected chi connectivity index (χ2v) is 7.05. The predicted octanol–water partition coefficient (Wildman–Crippen LogP) is 4.08. The SMILES string of the molecule is Cc1ccc(C(=O)CCC(=O)Nc2cc3c(cc2Cl)OCCO3)s1. The van der Waals surface area contributed by atoms with Gasteiger partial charge in [0.2, 0.25) is 5.91 Å². The molecule has 0 saturated carbocycles. The molecular weight excluding hydrogens is 350 g/mol. The molecule has 0 aliphatic carbocycles. The van der Waals surface area contributed by atoms with Crippen LogP contribution in [0.25, 0.3) is 0 Å². The average Bonchev–Trinajstić information content (AvgIpc) is 3.00. The quantitative estimate of drug-likeness (QED) is 0.811. The summed E-state index contributed by atoms with van der Waals surface area (Å²) in [5.41, 5.74) is 0.449. The van der Waals surface area contributed by atoms with Crippen molar-refractivity contribution < 1.29 is 19.1 Å². The Morgan fingerprint density at radius 2 is 1.88 bits per heavy atom. The van der Waals surface area contributed by atoms with Gasteiger partial charge in [-0.1, -0.05) is 11.6 Å². The molecule has 1 N–H and O–H groups in total. The molecule has 2 aromatic rings. The lowest BCUT2D eigenvalue weighted by Gasteiger charge is -2.20. The Morgan fingerprint density at radius 3 is 2.54 bits per heavy atom. The summed E-state index contributed by atoms with van der Waals surface area (Å²) in [6.45, 7) is 2.87. The van der Waals surface area contributed by atoms with Crippen LogP contribution in [0.5, 0.6) is 11.5 Å². The number of rotatable bonds is 5. The topological polar surface area (TPSA) is 64.6 Å². The molecular formula is C17H16ClNO4S.